The lowest BCUT2D eigenvalue weighted by atomic mass is 9.99. The van der Waals surface area contributed by atoms with Crippen molar-refractivity contribution in [3.63, 3.8) is 0 Å². The Labute approximate surface area is 197 Å². The fourth-order valence-electron chi connectivity index (χ4n) is 3.64. The van der Waals surface area contributed by atoms with Crippen molar-refractivity contribution >= 4 is 57.3 Å². The first-order valence-electron chi connectivity index (χ1n) is 10.0. The zero-order valence-electron chi connectivity index (χ0n) is 18.1. The normalized spacial score (nSPS) is 15.0. The number of aliphatic carboxylic acids is 1. The molecule has 32 heavy (non-hydrogen) atoms. The van der Waals surface area contributed by atoms with E-state index in [1.165, 1.54) is 0 Å². The van der Waals surface area contributed by atoms with E-state index >= 15 is 0 Å². The van der Waals surface area contributed by atoms with E-state index in [-0.39, 0.29) is 10.8 Å². The first-order chi connectivity index (χ1) is 15.2. The predicted molar refractivity (Wildman–Crippen MR) is 131 cm³/mol. The SMILES string of the molecule is CC(=O)O.CC1(C)CN(C(=S)Nc2cccc3ncccc23)CCN1c1ccnc(Cl)n1. The highest BCUT2D eigenvalue weighted by Crippen LogP contribution is 2.28. The van der Waals surface area contributed by atoms with Gasteiger partial charge in [-0.25, -0.2) is 9.97 Å². The second-order valence-corrected chi connectivity index (χ2v) is 8.62. The molecule has 0 atom stereocenters. The molecular weight excluding hydrogens is 448 g/mol. The summed E-state index contributed by atoms with van der Waals surface area (Å²) in [6.45, 7) is 7.79. The van der Waals surface area contributed by atoms with Crippen LogP contribution in [0.4, 0.5) is 11.5 Å². The number of hydrogen-bond donors (Lipinski definition) is 2. The molecule has 3 heterocycles. The molecular formula is C22H25ClN6O2S. The molecule has 1 saturated heterocycles. The second-order valence-electron chi connectivity index (χ2n) is 7.89. The number of nitrogens with one attached hydrogen (secondary N) is 1. The maximum absolute atomic E-state index is 9.00. The zero-order valence-corrected chi connectivity index (χ0v) is 19.7. The summed E-state index contributed by atoms with van der Waals surface area (Å²) in [6.07, 6.45) is 3.49. The van der Waals surface area contributed by atoms with Crippen molar-refractivity contribution < 1.29 is 9.90 Å². The van der Waals surface area contributed by atoms with Crippen LogP contribution in [0.3, 0.4) is 0 Å². The number of carboxylic acid groups (broad SMARTS) is 1. The van der Waals surface area contributed by atoms with E-state index < -0.39 is 5.97 Å². The van der Waals surface area contributed by atoms with Gasteiger partial charge >= 0.3 is 0 Å². The van der Waals surface area contributed by atoms with Crippen LogP contribution in [0, 0.1) is 0 Å². The Morgan fingerprint density at radius 2 is 1.91 bits per heavy atom. The number of carbonyl (C=O) groups is 1. The fourth-order valence-corrected chi connectivity index (χ4v) is 4.04. The van der Waals surface area contributed by atoms with Crippen molar-refractivity contribution in [1.29, 1.82) is 0 Å². The molecule has 0 saturated carbocycles. The average molecular weight is 473 g/mol. The first kappa shape index (κ1) is 23.6. The largest absolute Gasteiger partial charge is 0.481 e. The van der Waals surface area contributed by atoms with Crippen molar-refractivity contribution in [1.82, 2.24) is 19.9 Å². The molecule has 1 aliphatic rings. The quantitative estimate of drug-likeness (QED) is 0.422. The third-order valence-electron chi connectivity index (χ3n) is 4.96. The van der Waals surface area contributed by atoms with E-state index in [0.29, 0.717) is 5.11 Å². The van der Waals surface area contributed by atoms with Crippen LogP contribution >= 0.6 is 23.8 Å². The van der Waals surface area contributed by atoms with Crippen LogP contribution < -0.4 is 10.2 Å². The summed E-state index contributed by atoms with van der Waals surface area (Å²) in [5, 5.41) is 12.9. The van der Waals surface area contributed by atoms with Gasteiger partial charge in [0.25, 0.3) is 5.97 Å². The van der Waals surface area contributed by atoms with Gasteiger partial charge in [0.05, 0.1) is 11.1 Å². The van der Waals surface area contributed by atoms with Crippen LogP contribution in [0.1, 0.15) is 20.8 Å². The molecule has 8 nitrogen and oxygen atoms in total. The molecule has 0 bridgehead atoms. The predicted octanol–water partition coefficient (Wildman–Crippen LogP) is 4.07. The third-order valence-corrected chi connectivity index (χ3v) is 5.51. The van der Waals surface area contributed by atoms with Crippen molar-refractivity contribution in [2.45, 2.75) is 26.3 Å². The number of fused-ring (bicyclic) bond motifs is 1. The van der Waals surface area contributed by atoms with Gasteiger partial charge in [-0.3, -0.25) is 9.78 Å². The third kappa shape index (κ3) is 5.80. The number of hydrogen-bond acceptors (Lipinski definition) is 6. The Balaban J connectivity index is 0.000000668. The minimum absolute atomic E-state index is 0.165. The van der Waals surface area contributed by atoms with Crippen LogP contribution in [-0.4, -0.2) is 61.2 Å². The number of halogens is 1. The van der Waals surface area contributed by atoms with Gasteiger partial charge in [-0.1, -0.05) is 6.07 Å². The molecule has 0 aliphatic carbocycles. The molecule has 4 rings (SSSR count). The number of thiocarbonyl (C=S) groups is 1. The van der Waals surface area contributed by atoms with Gasteiger partial charge in [-0.05, 0) is 68.0 Å². The molecule has 10 heteroatoms. The number of benzene rings is 1. The van der Waals surface area contributed by atoms with Crippen LogP contribution in [0.2, 0.25) is 5.28 Å². The van der Waals surface area contributed by atoms with Crippen molar-refractivity contribution in [3.05, 3.63) is 54.1 Å². The maximum Gasteiger partial charge on any atom is 0.300 e. The Morgan fingerprint density at radius 1 is 1.16 bits per heavy atom. The van der Waals surface area contributed by atoms with Crippen LogP contribution in [0.25, 0.3) is 10.9 Å². The van der Waals surface area contributed by atoms with Crippen molar-refractivity contribution in [2.24, 2.45) is 0 Å². The lowest BCUT2D eigenvalue weighted by molar-refractivity contribution is -0.134. The monoisotopic (exact) mass is 472 g/mol. The van der Waals surface area contributed by atoms with E-state index in [0.717, 1.165) is 49.0 Å². The number of nitrogens with zero attached hydrogens (tertiary/aromatic N) is 5. The van der Waals surface area contributed by atoms with E-state index in [1.54, 1.807) is 12.4 Å². The summed E-state index contributed by atoms with van der Waals surface area (Å²) in [5.41, 5.74) is 1.75. The number of pyridine rings is 1. The average Bonchev–Trinajstić information content (AvgIpc) is 2.73. The molecule has 1 aromatic carbocycles. The minimum Gasteiger partial charge on any atom is -0.481 e. The van der Waals surface area contributed by atoms with E-state index in [4.69, 9.17) is 33.7 Å². The molecule has 0 amide bonds. The van der Waals surface area contributed by atoms with Gasteiger partial charge in [0.15, 0.2) is 5.11 Å². The molecule has 1 aliphatic heterocycles. The summed E-state index contributed by atoms with van der Waals surface area (Å²) in [5.74, 6) is 0.00338. The Bertz CT molecular complexity index is 1120. The highest BCUT2D eigenvalue weighted by Gasteiger charge is 2.35. The van der Waals surface area contributed by atoms with Gasteiger partial charge < -0.3 is 20.2 Å². The minimum atomic E-state index is -0.833. The van der Waals surface area contributed by atoms with Gasteiger partial charge in [0.2, 0.25) is 5.28 Å². The number of carboxylic acids is 1. The molecule has 0 radical (unpaired) electrons. The van der Waals surface area contributed by atoms with Gasteiger partial charge in [0.1, 0.15) is 5.82 Å². The Kier molecular flexibility index (Phi) is 7.42. The molecule has 0 spiro atoms. The highest BCUT2D eigenvalue weighted by atomic mass is 35.5. The van der Waals surface area contributed by atoms with Crippen LogP contribution in [-0.2, 0) is 4.79 Å². The first-order valence-corrected chi connectivity index (χ1v) is 10.8. The van der Waals surface area contributed by atoms with E-state index in [2.05, 4.69) is 43.9 Å². The fraction of sp³-hybridized carbons (Fsp3) is 0.318. The van der Waals surface area contributed by atoms with Crippen LogP contribution in [0.15, 0.2) is 48.8 Å². The highest BCUT2D eigenvalue weighted by molar-refractivity contribution is 7.80. The number of rotatable bonds is 2. The van der Waals surface area contributed by atoms with Gasteiger partial charge in [-0.2, -0.15) is 0 Å². The summed E-state index contributed by atoms with van der Waals surface area (Å²) < 4.78 is 0. The topological polar surface area (TPSA) is 94.5 Å². The molecule has 2 aromatic heterocycles. The van der Waals surface area contributed by atoms with Gasteiger partial charge in [0, 0.05) is 50.0 Å². The van der Waals surface area contributed by atoms with Gasteiger partial charge in [-0.15, -0.1) is 0 Å². The van der Waals surface area contributed by atoms with E-state index in [1.807, 2.05) is 36.4 Å². The summed E-state index contributed by atoms with van der Waals surface area (Å²) >= 11 is 11.7. The second kappa shape index (κ2) is 10.1. The number of anilines is 2. The zero-order chi connectivity index (χ0) is 23.3. The number of piperazine rings is 1. The summed E-state index contributed by atoms with van der Waals surface area (Å²) in [4.78, 5) is 26.2. The summed E-state index contributed by atoms with van der Waals surface area (Å²) in [7, 11) is 0. The molecule has 3 aromatic rings. The maximum atomic E-state index is 9.00. The van der Waals surface area contributed by atoms with Crippen LogP contribution in [0.5, 0.6) is 0 Å². The lowest BCUT2D eigenvalue weighted by Gasteiger charge is -2.48. The van der Waals surface area contributed by atoms with Crippen molar-refractivity contribution in [2.75, 3.05) is 29.9 Å². The molecule has 2 N–H and O–H groups in total. The lowest BCUT2D eigenvalue weighted by Crippen LogP contribution is -2.61. The Hall–Kier alpha value is -3.04. The Morgan fingerprint density at radius 3 is 2.59 bits per heavy atom. The summed E-state index contributed by atoms with van der Waals surface area (Å²) in [6, 6.07) is 11.9. The standard InChI is InChI=1S/C20H21ClN6S.C2H4O2/c1-20(2)13-26(11-12-27(20)17-8-10-23-18(21)25-17)19(28)24-16-7-3-6-15-14(16)5-4-9-22-15;1-2(3)4/h3-10H,11-13H2,1-2H3,(H,24,28);1H3,(H,3,4). The molecule has 168 valence electrons. The number of aromatic nitrogens is 3. The van der Waals surface area contributed by atoms with Crippen molar-refractivity contribution in [3.8, 4) is 0 Å². The molecule has 1 fully saturated rings. The molecule has 0 unspecified atom stereocenters. The smallest absolute Gasteiger partial charge is 0.300 e. The van der Waals surface area contributed by atoms with E-state index in [9.17, 15) is 0 Å².